The van der Waals surface area contributed by atoms with Gasteiger partial charge in [-0.15, -0.1) is 0 Å². The molecule has 3 saturated carbocycles. The Bertz CT molecular complexity index is 4830. The monoisotopic (exact) mass is 1820 g/mol. The topological polar surface area (TPSA) is 424 Å². The zero-order valence-corrected chi connectivity index (χ0v) is 79.2. The summed E-state index contributed by atoms with van der Waals surface area (Å²) in [7, 11) is -3.38. The minimum atomic E-state index is -3.38. The molecule has 10 N–H and O–H groups in total. The van der Waals surface area contributed by atoms with Gasteiger partial charge < -0.3 is 85.7 Å². The largest absolute Gasteiger partial charge is 0.464 e. The molecule has 6 fully saturated rings. The highest BCUT2D eigenvalue weighted by Gasteiger charge is 2.37. The van der Waals surface area contributed by atoms with Crippen molar-refractivity contribution in [2.24, 2.45) is 16.2 Å². The van der Waals surface area contributed by atoms with Crippen LogP contribution in [-0.4, -0.2) is 220 Å². The van der Waals surface area contributed by atoms with Gasteiger partial charge in [0.05, 0.1) is 103 Å². The molecule has 0 spiro atoms. The number of pyridine rings is 7. The van der Waals surface area contributed by atoms with Gasteiger partial charge in [-0.1, -0.05) is 24.3 Å². The van der Waals surface area contributed by atoms with E-state index < -0.39 is 38.5 Å². The van der Waals surface area contributed by atoms with Crippen LogP contribution in [0.1, 0.15) is 186 Å². The van der Waals surface area contributed by atoms with Crippen LogP contribution in [0.2, 0.25) is 0 Å². The van der Waals surface area contributed by atoms with Gasteiger partial charge in [-0.05, 0) is 268 Å². The summed E-state index contributed by atoms with van der Waals surface area (Å²) in [6.07, 6.45) is 22.6. The Morgan fingerprint density at radius 3 is 1.05 bits per heavy atom. The Kier molecular flexibility index (Phi) is 39.0. The van der Waals surface area contributed by atoms with Crippen molar-refractivity contribution in [1.82, 2.24) is 50.8 Å². The molecule has 708 valence electrons. The number of anilines is 7. The minimum absolute atomic E-state index is 0.151. The quantitative estimate of drug-likeness (QED) is 0.0159. The van der Waals surface area contributed by atoms with Gasteiger partial charge in [0, 0.05) is 149 Å². The summed E-state index contributed by atoms with van der Waals surface area (Å²) in [6.45, 7) is 27.4. The number of nitrogens with one attached hydrogen (secondary N) is 10. The lowest BCUT2D eigenvalue weighted by Gasteiger charge is -2.32. The molecule has 6 aliphatic rings. The van der Waals surface area contributed by atoms with E-state index in [1.165, 1.54) is 0 Å². The third-order valence-corrected chi connectivity index (χ3v) is 25.8. The van der Waals surface area contributed by atoms with Crippen LogP contribution in [0.4, 0.5) is 40.7 Å². The first kappa shape index (κ1) is 101. The lowest BCUT2D eigenvalue weighted by molar-refractivity contribution is -0.156. The number of hydrogen-bond donors (Lipinski definition) is 10. The summed E-state index contributed by atoms with van der Waals surface area (Å²) in [4.78, 5) is 56.5. The second-order valence-electron chi connectivity index (χ2n) is 36.1. The maximum atomic E-state index is 11.8. The second kappa shape index (κ2) is 50.5. The average Bonchev–Trinajstić information content (AvgIpc) is 0.819. The number of hydrogen-bond acceptors (Lipinski definition) is 31. The number of sulfonamides is 1. The van der Waals surface area contributed by atoms with Gasteiger partial charge in [-0.2, -0.15) is 15.8 Å². The number of rotatable bonds is 40. The van der Waals surface area contributed by atoms with Crippen LogP contribution in [-0.2, 0) is 64.1 Å². The molecule has 3 aliphatic heterocycles. The summed E-state index contributed by atoms with van der Waals surface area (Å²) in [5, 5.41) is 61.5. The second-order valence-corrected chi connectivity index (χ2v) is 37.8. The fourth-order valence-electron chi connectivity index (χ4n) is 17.3. The molecule has 0 radical (unpaired) electrons. The third kappa shape index (κ3) is 32.2. The number of carbonyl (C=O) groups is 2. The zero-order chi connectivity index (χ0) is 93.2. The van der Waals surface area contributed by atoms with Crippen molar-refractivity contribution in [3.8, 4) is 52.0 Å². The molecule has 3 aliphatic carbocycles. The van der Waals surface area contributed by atoms with E-state index in [0.29, 0.717) is 141 Å². The Balaban J connectivity index is 0.000000190. The van der Waals surface area contributed by atoms with Crippen LogP contribution >= 0.6 is 0 Å². The van der Waals surface area contributed by atoms with Gasteiger partial charge in [0.1, 0.15) is 40.7 Å². The van der Waals surface area contributed by atoms with Crippen LogP contribution in [0, 0.1) is 71.0 Å². The van der Waals surface area contributed by atoms with Crippen molar-refractivity contribution in [1.29, 1.82) is 15.8 Å². The van der Waals surface area contributed by atoms with Gasteiger partial charge in [0.15, 0.2) is 12.2 Å². The van der Waals surface area contributed by atoms with E-state index in [-0.39, 0.29) is 35.9 Å². The Morgan fingerprint density at radius 1 is 0.435 bits per heavy atom. The van der Waals surface area contributed by atoms with Crippen molar-refractivity contribution in [3.63, 3.8) is 0 Å². The summed E-state index contributed by atoms with van der Waals surface area (Å²) in [6, 6.07) is 39.6. The molecular weight excluding hydrogens is 1680 g/mol. The lowest BCUT2D eigenvalue weighted by atomic mass is 9.82. The molecule has 131 heavy (non-hydrogen) atoms. The predicted molar refractivity (Wildman–Crippen MR) is 510 cm³/mol. The van der Waals surface area contributed by atoms with E-state index in [4.69, 9.17) is 52.8 Å². The molecule has 5 atom stereocenters. The molecule has 0 amide bonds. The van der Waals surface area contributed by atoms with E-state index in [1.807, 2.05) is 86.2 Å². The van der Waals surface area contributed by atoms with Crippen molar-refractivity contribution in [2.45, 2.75) is 258 Å². The average molecular weight is 1820 g/mol. The number of aromatic nitrogens is 7. The molecule has 13 rings (SSSR count). The van der Waals surface area contributed by atoms with Crippen LogP contribution < -0.4 is 52.6 Å². The maximum absolute atomic E-state index is 11.8. The smallest absolute Gasteiger partial charge is 0.334 e. The number of esters is 2. The van der Waals surface area contributed by atoms with E-state index in [2.05, 4.69) is 144 Å². The molecule has 0 unspecified atom stereocenters. The van der Waals surface area contributed by atoms with Crippen molar-refractivity contribution >= 4 is 62.7 Å². The van der Waals surface area contributed by atoms with Crippen molar-refractivity contribution in [2.75, 3.05) is 135 Å². The van der Waals surface area contributed by atoms with Crippen LogP contribution in [0.15, 0.2) is 110 Å². The highest BCUT2D eigenvalue weighted by molar-refractivity contribution is 7.92. The van der Waals surface area contributed by atoms with Gasteiger partial charge in [0.25, 0.3) is 0 Å². The standard InChI is InChI=1S/C34H46N8O4S.2C32H46N6O4/c1-24-19-36-33(18-29(24)30-7-5-8-31(41-30)37-23-34(22-35)14-16-45-17-15-34)39-27-12-10-26(11-13-27)38-25(2)20-46-21-28-6-4-9-32(40-28)42-47(3,43)44;2*1-5-41-31(39)24(4)42-19-23(3)36-25-9-11-26(12-10-25)37-30-17-27(22(2)18-34-30)28-7-6-8-29(38-28)35-21-32(20-33)13-15-40-16-14-32/h4-9,18-19,25-27,38H,10-17,20-21,23H2,1-3H3,(H,36,39)(H,37,41)(H,40,42);2*6-8,17-18,23-26,36H,5,9-16,19,21H2,1-4H3,(H,34,37)(H,35,38)/t25-,26?,27?;23-,24+,25?,26?;23-,24-,25?,26?/m110/s1. The highest BCUT2D eigenvalue weighted by atomic mass is 32.2. The maximum Gasteiger partial charge on any atom is 0.334 e. The van der Waals surface area contributed by atoms with Crippen molar-refractivity contribution in [3.05, 3.63) is 132 Å². The van der Waals surface area contributed by atoms with E-state index in [1.54, 1.807) is 39.8 Å². The summed E-state index contributed by atoms with van der Waals surface area (Å²) < 4.78 is 69.0. The van der Waals surface area contributed by atoms with Crippen LogP contribution in [0.3, 0.4) is 0 Å². The summed E-state index contributed by atoms with van der Waals surface area (Å²) in [5.41, 5.74) is 8.33. The molecule has 3 saturated heterocycles. The number of carbonyl (C=O) groups excluding carboxylic acids is 2. The normalized spacial score (nSPS) is 21.0. The molecule has 0 bridgehead atoms. The molecule has 10 heterocycles. The first-order valence-electron chi connectivity index (χ1n) is 46.9. The number of nitriles is 3. The fourth-order valence-corrected chi connectivity index (χ4v) is 17.8. The SMILES string of the molecule is CCOC(=O)[C@H](C)OC[C@@H](C)NC1CCC(Nc2cc(-c3cccc(NCC4(C#N)CCOCC4)n3)c(C)cn2)CC1.CCOC(=O)[C@H](C)OC[C@H](C)NC1CCC(Nc2cc(-c3cccc(NCC4(C#N)CCOCC4)n3)c(C)cn2)CC1.Cc1cnc(NC2CCC(N[C@H](C)COCc3cccc(NS(C)(=O)=O)n3)CC2)cc1-c1cccc(NCC2(C#N)CCOCC2)n1. The van der Waals surface area contributed by atoms with Crippen LogP contribution in [0.25, 0.3) is 33.8 Å². The molecule has 32 nitrogen and oxygen atoms in total. The van der Waals surface area contributed by atoms with E-state index in [0.717, 1.165) is 207 Å². The van der Waals surface area contributed by atoms with E-state index >= 15 is 0 Å². The molecule has 33 heteroatoms. The summed E-state index contributed by atoms with van der Waals surface area (Å²) in [5.74, 6) is 4.50. The highest BCUT2D eigenvalue weighted by Crippen LogP contribution is 2.37. The first-order chi connectivity index (χ1) is 63.2. The van der Waals surface area contributed by atoms with Gasteiger partial charge >= 0.3 is 11.9 Å². The van der Waals surface area contributed by atoms with Crippen molar-refractivity contribution < 1.29 is 55.9 Å². The minimum Gasteiger partial charge on any atom is -0.464 e. The van der Waals surface area contributed by atoms with Gasteiger partial charge in [0.2, 0.25) is 10.0 Å². The predicted octanol–water partition coefficient (Wildman–Crippen LogP) is 14.6. The Labute approximate surface area is 774 Å². The Morgan fingerprint density at radius 2 is 0.740 bits per heavy atom. The third-order valence-electron chi connectivity index (χ3n) is 25.2. The molecular formula is C98H138N20O12S. The molecule has 7 aromatic heterocycles. The number of aryl methyl sites for hydroxylation is 3. The number of nitrogens with zero attached hydrogens (tertiary/aromatic N) is 10. The fraction of sp³-hybridized carbons (Fsp3) is 0.592. The first-order valence-corrected chi connectivity index (χ1v) is 48.8. The zero-order valence-electron chi connectivity index (χ0n) is 78.4. The van der Waals surface area contributed by atoms with Gasteiger partial charge in [-0.3, -0.25) is 4.72 Å². The molecule has 7 aromatic rings. The Hall–Kier alpha value is -10.3. The lowest BCUT2D eigenvalue weighted by Crippen LogP contribution is -2.43. The molecule has 0 aromatic carbocycles. The van der Waals surface area contributed by atoms with Crippen LogP contribution in [0.5, 0.6) is 0 Å². The summed E-state index contributed by atoms with van der Waals surface area (Å²) >= 11 is 0. The van der Waals surface area contributed by atoms with Gasteiger partial charge in [-0.25, -0.2) is 52.9 Å². The number of ether oxygens (including phenoxy) is 8. The van der Waals surface area contributed by atoms with E-state index in [9.17, 15) is 33.8 Å².